The lowest BCUT2D eigenvalue weighted by atomic mass is 9.92. The van der Waals surface area contributed by atoms with Crippen LogP contribution in [0.25, 0.3) is 0 Å². The number of hydrogen-bond acceptors (Lipinski definition) is 4. The van der Waals surface area contributed by atoms with Gasteiger partial charge in [0.1, 0.15) is 5.54 Å². The molecule has 0 saturated heterocycles. The van der Waals surface area contributed by atoms with Crippen LogP contribution >= 0.6 is 0 Å². The van der Waals surface area contributed by atoms with Gasteiger partial charge in [0.2, 0.25) is 0 Å². The predicted octanol–water partition coefficient (Wildman–Crippen LogP) is 2.36. The summed E-state index contributed by atoms with van der Waals surface area (Å²) in [6, 6.07) is 8.58. The minimum Gasteiger partial charge on any atom is -0.468 e. The highest BCUT2D eigenvalue weighted by atomic mass is 16.5. The van der Waals surface area contributed by atoms with E-state index in [-0.39, 0.29) is 5.97 Å². The third kappa shape index (κ3) is 3.76. The second kappa shape index (κ2) is 6.48. The molecule has 1 heterocycles. The topological polar surface area (TPSA) is 55.6 Å². The number of para-hydroxylation sites is 1. The van der Waals surface area contributed by atoms with Crippen LogP contribution in [0.3, 0.4) is 0 Å². The van der Waals surface area contributed by atoms with Crippen molar-refractivity contribution in [3.8, 4) is 0 Å². The van der Waals surface area contributed by atoms with Crippen LogP contribution in [0.2, 0.25) is 0 Å². The second-order valence-electron chi connectivity index (χ2n) is 6.40. The predicted molar refractivity (Wildman–Crippen MR) is 85.4 cm³/mol. The zero-order valence-electron chi connectivity index (χ0n) is 13.3. The Labute approximate surface area is 127 Å². The summed E-state index contributed by atoms with van der Waals surface area (Å²) in [5, 5.41) is 0. The molecule has 0 spiro atoms. The van der Waals surface area contributed by atoms with Gasteiger partial charge in [0, 0.05) is 18.8 Å². The van der Waals surface area contributed by atoms with Crippen molar-refractivity contribution >= 4 is 11.7 Å². The number of nitrogens with two attached hydrogens (primary N) is 1. The van der Waals surface area contributed by atoms with E-state index in [2.05, 4.69) is 36.1 Å². The minimum absolute atomic E-state index is 0.338. The molecule has 0 aliphatic carbocycles. The lowest BCUT2D eigenvalue weighted by Gasteiger charge is -2.35. The molecule has 2 unspecified atom stereocenters. The molecule has 0 aromatic heterocycles. The molecule has 21 heavy (non-hydrogen) atoms. The number of methoxy groups -OCH3 is 1. The highest BCUT2D eigenvalue weighted by molar-refractivity contribution is 5.79. The molecule has 0 radical (unpaired) electrons. The summed E-state index contributed by atoms with van der Waals surface area (Å²) in [6.07, 6.45) is 2.65. The van der Waals surface area contributed by atoms with Crippen molar-refractivity contribution < 1.29 is 9.53 Å². The van der Waals surface area contributed by atoms with E-state index in [1.165, 1.54) is 18.4 Å². The number of fused-ring (bicyclic) bond motifs is 1. The van der Waals surface area contributed by atoms with Crippen molar-refractivity contribution in [1.82, 2.24) is 0 Å². The first-order valence-electron chi connectivity index (χ1n) is 7.64. The number of esters is 1. The van der Waals surface area contributed by atoms with E-state index in [0.717, 1.165) is 25.9 Å². The number of carbonyl (C=O) groups is 1. The van der Waals surface area contributed by atoms with Crippen LogP contribution in [-0.2, 0) is 16.0 Å². The summed E-state index contributed by atoms with van der Waals surface area (Å²) in [5.41, 5.74) is 7.86. The van der Waals surface area contributed by atoms with Gasteiger partial charge in [-0.3, -0.25) is 4.79 Å². The van der Waals surface area contributed by atoms with Crippen molar-refractivity contribution in [2.75, 3.05) is 25.1 Å². The van der Waals surface area contributed by atoms with Gasteiger partial charge in [0.25, 0.3) is 0 Å². The zero-order valence-corrected chi connectivity index (χ0v) is 13.3. The lowest BCUT2D eigenvalue weighted by Crippen LogP contribution is -2.46. The molecule has 4 nitrogen and oxygen atoms in total. The third-order valence-corrected chi connectivity index (χ3v) is 4.21. The Morgan fingerprint density at radius 1 is 1.48 bits per heavy atom. The van der Waals surface area contributed by atoms with E-state index in [9.17, 15) is 4.79 Å². The maximum Gasteiger partial charge on any atom is 0.325 e. The normalized spacial score (nSPS) is 20.6. The van der Waals surface area contributed by atoms with Gasteiger partial charge >= 0.3 is 5.97 Å². The van der Waals surface area contributed by atoms with Crippen molar-refractivity contribution in [1.29, 1.82) is 0 Å². The van der Waals surface area contributed by atoms with Gasteiger partial charge in [-0.05, 0) is 43.7 Å². The Hall–Kier alpha value is -1.55. The minimum atomic E-state index is -0.893. The molecule has 1 aliphatic rings. The van der Waals surface area contributed by atoms with E-state index in [1.807, 2.05) is 0 Å². The molecule has 0 saturated carbocycles. The van der Waals surface area contributed by atoms with Gasteiger partial charge in [-0.25, -0.2) is 0 Å². The van der Waals surface area contributed by atoms with E-state index < -0.39 is 5.54 Å². The highest BCUT2D eigenvalue weighted by Crippen LogP contribution is 2.29. The summed E-state index contributed by atoms with van der Waals surface area (Å²) in [6.45, 7) is 6.01. The number of benzene rings is 1. The fourth-order valence-electron chi connectivity index (χ4n) is 3.09. The largest absolute Gasteiger partial charge is 0.468 e. The van der Waals surface area contributed by atoms with Crippen LogP contribution in [0.1, 0.15) is 32.3 Å². The molecule has 0 amide bonds. The summed E-state index contributed by atoms with van der Waals surface area (Å²) in [7, 11) is 1.38. The maximum absolute atomic E-state index is 11.6. The molecule has 2 rings (SSSR count). The van der Waals surface area contributed by atoms with Gasteiger partial charge in [0.05, 0.1) is 7.11 Å². The van der Waals surface area contributed by atoms with Crippen LogP contribution < -0.4 is 10.6 Å². The Morgan fingerprint density at radius 3 is 2.90 bits per heavy atom. The smallest absolute Gasteiger partial charge is 0.325 e. The van der Waals surface area contributed by atoms with Crippen LogP contribution in [0.15, 0.2) is 24.3 Å². The molecule has 1 aromatic carbocycles. The maximum atomic E-state index is 11.6. The van der Waals surface area contributed by atoms with Crippen molar-refractivity contribution in [2.45, 2.75) is 38.6 Å². The number of anilines is 1. The Morgan fingerprint density at radius 2 is 2.19 bits per heavy atom. The standard InChI is InChI=1S/C17H26N2O2/c1-13-11-14-7-4-5-8-15(14)19(12-13)10-6-9-17(2,18)16(20)21-3/h4-5,7-8,13H,6,9-12,18H2,1-3H3. The van der Waals surface area contributed by atoms with Gasteiger partial charge in [-0.1, -0.05) is 25.1 Å². The average molecular weight is 290 g/mol. The number of rotatable bonds is 5. The zero-order chi connectivity index (χ0) is 15.5. The van der Waals surface area contributed by atoms with Gasteiger partial charge < -0.3 is 15.4 Å². The number of carbonyl (C=O) groups excluding carboxylic acids is 1. The lowest BCUT2D eigenvalue weighted by molar-refractivity contribution is -0.146. The van der Waals surface area contributed by atoms with Crippen LogP contribution in [-0.4, -0.2) is 31.7 Å². The first kappa shape index (κ1) is 15.8. The fraction of sp³-hybridized carbons (Fsp3) is 0.588. The first-order chi connectivity index (χ1) is 9.94. The first-order valence-corrected chi connectivity index (χ1v) is 7.64. The number of ether oxygens (including phenoxy) is 1. The van der Waals surface area contributed by atoms with E-state index in [0.29, 0.717) is 12.3 Å². The highest BCUT2D eigenvalue weighted by Gasteiger charge is 2.29. The summed E-state index contributed by atoms with van der Waals surface area (Å²) >= 11 is 0. The van der Waals surface area contributed by atoms with Crippen molar-refractivity contribution in [2.24, 2.45) is 11.7 Å². The van der Waals surface area contributed by atoms with Gasteiger partial charge in [-0.2, -0.15) is 0 Å². The quantitative estimate of drug-likeness (QED) is 0.846. The molecule has 116 valence electrons. The van der Waals surface area contributed by atoms with Crippen molar-refractivity contribution in [3.05, 3.63) is 29.8 Å². The molecule has 0 bridgehead atoms. The number of hydrogen-bond donors (Lipinski definition) is 1. The van der Waals surface area contributed by atoms with Crippen LogP contribution in [0.5, 0.6) is 0 Å². The molecular weight excluding hydrogens is 264 g/mol. The summed E-state index contributed by atoms with van der Waals surface area (Å²) in [4.78, 5) is 14.0. The molecular formula is C17H26N2O2. The average Bonchev–Trinajstić information content (AvgIpc) is 2.45. The van der Waals surface area contributed by atoms with E-state index in [1.54, 1.807) is 6.92 Å². The van der Waals surface area contributed by atoms with Crippen molar-refractivity contribution in [3.63, 3.8) is 0 Å². The van der Waals surface area contributed by atoms with Gasteiger partial charge in [-0.15, -0.1) is 0 Å². The van der Waals surface area contributed by atoms with Gasteiger partial charge in [0.15, 0.2) is 0 Å². The second-order valence-corrected chi connectivity index (χ2v) is 6.40. The summed E-state index contributed by atoms with van der Waals surface area (Å²) in [5.74, 6) is 0.319. The molecule has 2 atom stereocenters. The Balaban J connectivity index is 1.96. The fourth-order valence-corrected chi connectivity index (χ4v) is 3.09. The van der Waals surface area contributed by atoms with Crippen LogP contribution in [0.4, 0.5) is 5.69 Å². The molecule has 4 heteroatoms. The molecule has 2 N–H and O–H groups in total. The third-order valence-electron chi connectivity index (χ3n) is 4.21. The van der Waals surface area contributed by atoms with E-state index in [4.69, 9.17) is 10.5 Å². The molecule has 0 fully saturated rings. The Kier molecular flexibility index (Phi) is 4.88. The SMILES string of the molecule is COC(=O)C(C)(N)CCCN1CC(C)Cc2ccccc21. The van der Waals surface area contributed by atoms with Crippen LogP contribution in [0, 0.1) is 5.92 Å². The molecule has 1 aromatic rings. The Bertz CT molecular complexity index is 499. The summed E-state index contributed by atoms with van der Waals surface area (Å²) < 4.78 is 4.75. The van der Waals surface area contributed by atoms with E-state index >= 15 is 0 Å². The number of nitrogens with zero attached hydrogens (tertiary/aromatic N) is 1. The molecule has 1 aliphatic heterocycles. The monoisotopic (exact) mass is 290 g/mol.